The normalized spacial score (nSPS) is 12.7. The predicted octanol–water partition coefficient (Wildman–Crippen LogP) is 8.08. The van der Waals surface area contributed by atoms with Crippen LogP contribution in [0.15, 0.2) is 24.3 Å². The minimum Gasteiger partial charge on any atom is -0.457 e. The van der Waals surface area contributed by atoms with Gasteiger partial charge in [0, 0.05) is 13.0 Å². The lowest BCUT2D eigenvalue weighted by molar-refractivity contribution is -0.154. The van der Waals surface area contributed by atoms with Crippen molar-refractivity contribution in [2.24, 2.45) is 0 Å². The maximum Gasteiger partial charge on any atom is 0.306 e. The second kappa shape index (κ2) is 27.1. The van der Waals surface area contributed by atoms with E-state index in [2.05, 4.69) is 38.2 Å². The molecule has 0 spiro atoms. The van der Waals surface area contributed by atoms with Gasteiger partial charge >= 0.3 is 5.97 Å². The molecule has 0 rings (SSSR count). The summed E-state index contributed by atoms with van der Waals surface area (Å²) in [6.07, 6.45) is 29.7. The molecule has 1 atom stereocenters. The van der Waals surface area contributed by atoms with Crippen LogP contribution < -0.4 is 0 Å². The molecule has 4 heteroatoms. The second-order valence-corrected chi connectivity index (χ2v) is 9.12. The standard InChI is InChI=1S/C29H54O4/c1-3-5-7-8-9-10-11-12-13-14-15-16-17-18-19-20-21-23-25-32-27-28(26-30)33-29(31)24-22-6-4-2/h9-10,12-13,28,30H,3-8,11,14-27H2,1-2H3/b10-9-,13-12-. The third kappa shape index (κ3) is 25.3. The number of hydrogen-bond donors (Lipinski definition) is 1. The van der Waals surface area contributed by atoms with Gasteiger partial charge in [-0.2, -0.15) is 0 Å². The van der Waals surface area contributed by atoms with Crippen LogP contribution in [-0.4, -0.2) is 37.0 Å². The largest absolute Gasteiger partial charge is 0.457 e. The molecule has 0 saturated heterocycles. The summed E-state index contributed by atoms with van der Waals surface area (Å²) < 4.78 is 10.9. The van der Waals surface area contributed by atoms with Crippen molar-refractivity contribution >= 4 is 5.97 Å². The Morgan fingerprint density at radius 2 is 1.27 bits per heavy atom. The van der Waals surface area contributed by atoms with E-state index in [9.17, 15) is 9.90 Å². The van der Waals surface area contributed by atoms with Gasteiger partial charge in [0.1, 0.15) is 6.10 Å². The van der Waals surface area contributed by atoms with Crippen molar-refractivity contribution in [2.45, 2.75) is 136 Å². The molecule has 0 saturated carbocycles. The molecular formula is C29H54O4. The Hall–Kier alpha value is -1.13. The average molecular weight is 467 g/mol. The Labute approximate surface area is 205 Å². The third-order valence-corrected chi connectivity index (χ3v) is 5.78. The van der Waals surface area contributed by atoms with Crippen molar-refractivity contribution in [3.63, 3.8) is 0 Å². The summed E-state index contributed by atoms with van der Waals surface area (Å²) in [7, 11) is 0. The highest BCUT2D eigenvalue weighted by Crippen LogP contribution is 2.11. The zero-order valence-electron chi connectivity index (χ0n) is 21.9. The summed E-state index contributed by atoms with van der Waals surface area (Å²) in [6, 6.07) is 0. The minimum absolute atomic E-state index is 0.175. The van der Waals surface area contributed by atoms with E-state index in [1.165, 1.54) is 77.0 Å². The smallest absolute Gasteiger partial charge is 0.306 e. The van der Waals surface area contributed by atoms with Gasteiger partial charge in [-0.1, -0.05) is 102 Å². The number of rotatable bonds is 25. The van der Waals surface area contributed by atoms with E-state index in [1.54, 1.807) is 0 Å². The van der Waals surface area contributed by atoms with E-state index in [-0.39, 0.29) is 12.6 Å². The first-order valence-electron chi connectivity index (χ1n) is 13.9. The zero-order chi connectivity index (χ0) is 24.2. The Morgan fingerprint density at radius 1 is 0.727 bits per heavy atom. The van der Waals surface area contributed by atoms with Crippen molar-refractivity contribution in [1.29, 1.82) is 0 Å². The number of allylic oxidation sites excluding steroid dienone is 4. The van der Waals surface area contributed by atoms with Crippen molar-refractivity contribution < 1.29 is 19.4 Å². The molecule has 0 aromatic heterocycles. The molecule has 194 valence electrons. The number of carbonyl (C=O) groups excluding carboxylic acids is 1. The lowest BCUT2D eigenvalue weighted by atomic mass is 10.1. The van der Waals surface area contributed by atoms with Crippen LogP contribution in [0.5, 0.6) is 0 Å². The molecule has 33 heavy (non-hydrogen) atoms. The Bertz CT molecular complexity index is 459. The molecule has 0 aromatic rings. The molecular weight excluding hydrogens is 412 g/mol. The van der Waals surface area contributed by atoms with E-state index in [4.69, 9.17) is 9.47 Å². The molecule has 1 N–H and O–H groups in total. The van der Waals surface area contributed by atoms with Crippen LogP contribution in [0.25, 0.3) is 0 Å². The highest BCUT2D eigenvalue weighted by Gasteiger charge is 2.13. The summed E-state index contributed by atoms with van der Waals surface area (Å²) in [6.45, 7) is 5.14. The van der Waals surface area contributed by atoms with E-state index in [0.717, 1.165) is 32.1 Å². The summed E-state index contributed by atoms with van der Waals surface area (Å²) in [5.74, 6) is -0.229. The van der Waals surface area contributed by atoms with Crippen molar-refractivity contribution in [3.8, 4) is 0 Å². The SMILES string of the molecule is CCCCC/C=C\C/C=C\CCCCCCCCCCOCC(CO)OC(=O)CCCCC. The van der Waals surface area contributed by atoms with Crippen LogP contribution in [-0.2, 0) is 14.3 Å². The predicted molar refractivity (Wildman–Crippen MR) is 141 cm³/mol. The lowest BCUT2D eigenvalue weighted by Gasteiger charge is -2.15. The van der Waals surface area contributed by atoms with E-state index in [0.29, 0.717) is 19.6 Å². The Morgan fingerprint density at radius 3 is 1.88 bits per heavy atom. The van der Waals surface area contributed by atoms with Gasteiger partial charge in [-0.05, 0) is 44.9 Å². The fourth-order valence-electron chi connectivity index (χ4n) is 3.65. The number of carbonyl (C=O) groups is 1. The molecule has 0 aliphatic heterocycles. The van der Waals surface area contributed by atoms with E-state index in [1.807, 2.05) is 0 Å². The van der Waals surface area contributed by atoms with Crippen LogP contribution in [0, 0.1) is 0 Å². The third-order valence-electron chi connectivity index (χ3n) is 5.78. The molecule has 0 aliphatic rings. The van der Waals surface area contributed by atoms with Crippen LogP contribution >= 0.6 is 0 Å². The van der Waals surface area contributed by atoms with Crippen molar-refractivity contribution in [3.05, 3.63) is 24.3 Å². The van der Waals surface area contributed by atoms with Gasteiger partial charge in [0.25, 0.3) is 0 Å². The number of ether oxygens (including phenoxy) is 2. The zero-order valence-corrected chi connectivity index (χ0v) is 21.9. The van der Waals surface area contributed by atoms with Gasteiger partial charge in [-0.3, -0.25) is 4.79 Å². The van der Waals surface area contributed by atoms with E-state index < -0.39 is 6.10 Å². The molecule has 0 fully saturated rings. The van der Waals surface area contributed by atoms with Gasteiger partial charge in [-0.25, -0.2) is 0 Å². The lowest BCUT2D eigenvalue weighted by Crippen LogP contribution is -2.27. The molecule has 4 nitrogen and oxygen atoms in total. The van der Waals surface area contributed by atoms with Gasteiger partial charge in [0.15, 0.2) is 0 Å². The maximum atomic E-state index is 11.7. The highest BCUT2D eigenvalue weighted by atomic mass is 16.6. The van der Waals surface area contributed by atoms with E-state index >= 15 is 0 Å². The first-order chi connectivity index (χ1) is 16.2. The molecule has 0 amide bonds. The van der Waals surface area contributed by atoms with Gasteiger partial charge in [-0.15, -0.1) is 0 Å². The van der Waals surface area contributed by atoms with Gasteiger partial charge < -0.3 is 14.6 Å². The molecule has 0 bridgehead atoms. The topological polar surface area (TPSA) is 55.8 Å². The summed E-state index contributed by atoms with van der Waals surface area (Å²) in [4.78, 5) is 11.7. The number of esters is 1. The fourth-order valence-corrected chi connectivity index (χ4v) is 3.65. The van der Waals surface area contributed by atoms with Crippen LogP contribution in [0.1, 0.15) is 129 Å². The molecule has 0 radical (unpaired) electrons. The Balaban J connectivity index is 3.37. The molecule has 0 heterocycles. The summed E-state index contributed by atoms with van der Waals surface area (Å²) >= 11 is 0. The molecule has 0 aromatic carbocycles. The number of aliphatic hydroxyl groups is 1. The quantitative estimate of drug-likeness (QED) is 0.0839. The number of hydrogen-bond acceptors (Lipinski definition) is 4. The average Bonchev–Trinajstić information content (AvgIpc) is 2.82. The van der Waals surface area contributed by atoms with Crippen molar-refractivity contribution in [2.75, 3.05) is 19.8 Å². The number of unbranched alkanes of at least 4 members (excludes halogenated alkanes) is 13. The minimum atomic E-state index is -0.527. The first kappa shape index (κ1) is 31.9. The molecule has 1 unspecified atom stereocenters. The summed E-state index contributed by atoms with van der Waals surface area (Å²) in [5.41, 5.74) is 0. The van der Waals surface area contributed by atoms with Crippen LogP contribution in [0.2, 0.25) is 0 Å². The first-order valence-corrected chi connectivity index (χ1v) is 13.9. The van der Waals surface area contributed by atoms with Gasteiger partial charge in [0.05, 0.1) is 13.2 Å². The van der Waals surface area contributed by atoms with Gasteiger partial charge in [0.2, 0.25) is 0 Å². The van der Waals surface area contributed by atoms with Crippen molar-refractivity contribution in [1.82, 2.24) is 0 Å². The highest BCUT2D eigenvalue weighted by molar-refractivity contribution is 5.69. The fraction of sp³-hybridized carbons (Fsp3) is 0.828. The summed E-state index contributed by atoms with van der Waals surface area (Å²) in [5, 5.41) is 9.34. The number of aliphatic hydroxyl groups excluding tert-OH is 1. The molecule has 0 aliphatic carbocycles. The van der Waals surface area contributed by atoms with Crippen LogP contribution in [0.4, 0.5) is 0 Å². The Kier molecular flexibility index (Phi) is 26.2. The second-order valence-electron chi connectivity index (χ2n) is 9.12. The van der Waals surface area contributed by atoms with Crippen LogP contribution in [0.3, 0.4) is 0 Å². The monoisotopic (exact) mass is 466 g/mol. The maximum absolute atomic E-state index is 11.7.